The largest absolute Gasteiger partial charge is 0.493 e. The van der Waals surface area contributed by atoms with Gasteiger partial charge in [-0.15, -0.1) is 0 Å². The van der Waals surface area contributed by atoms with Crippen molar-refractivity contribution in [3.8, 4) is 11.5 Å². The molecule has 1 aliphatic rings. The number of aromatic amines is 1. The Balaban J connectivity index is 1.97. The number of fused-ring (bicyclic) bond motifs is 1. The first-order valence-corrected chi connectivity index (χ1v) is 7.11. The normalized spacial score (nSPS) is 20.0. The van der Waals surface area contributed by atoms with Crippen LogP contribution >= 0.6 is 0 Å². The molecule has 1 aromatic heterocycles. The van der Waals surface area contributed by atoms with Gasteiger partial charge in [0, 0.05) is 6.07 Å². The van der Waals surface area contributed by atoms with Gasteiger partial charge in [-0.1, -0.05) is 6.07 Å². The molecule has 0 radical (unpaired) electrons. The lowest BCUT2D eigenvalue weighted by molar-refractivity contribution is 0.0656. The predicted molar refractivity (Wildman–Crippen MR) is 80.6 cm³/mol. The van der Waals surface area contributed by atoms with Gasteiger partial charge in [-0.25, -0.2) is 8.78 Å². The summed E-state index contributed by atoms with van der Waals surface area (Å²) in [6, 6.07) is 5.10. The molecule has 3 rings (SSSR count). The van der Waals surface area contributed by atoms with Gasteiger partial charge in [0.2, 0.25) is 0 Å². The van der Waals surface area contributed by atoms with E-state index in [4.69, 9.17) is 9.47 Å². The number of nitrogens with one attached hydrogen (secondary N) is 2. The van der Waals surface area contributed by atoms with Crippen LogP contribution in [0.25, 0.3) is 0 Å². The van der Waals surface area contributed by atoms with Crippen LogP contribution in [0.15, 0.2) is 29.1 Å². The van der Waals surface area contributed by atoms with E-state index in [1.165, 1.54) is 25.0 Å². The minimum Gasteiger partial charge on any atom is -0.493 e. The van der Waals surface area contributed by atoms with Crippen molar-refractivity contribution in [1.82, 2.24) is 9.78 Å². The van der Waals surface area contributed by atoms with Crippen LogP contribution in [-0.4, -0.2) is 30.4 Å². The quantitative estimate of drug-likeness (QED) is 0.906. The number of benzene rings is 1. The third-order valence-corrected chi connectivity index (χ3v) is 3.99. The molecular formula is C15H17F2N3O3. The fourth-order valence-electron chi connectivity index (χ4n) is 2.87. The molecule has 1 aliphatic heterocycles. The third-order valence-electron chi connectivity index (χ3n) is 3.99. The van der Waals surface area contributed by atoms with Crippen LogP contribution in [0.3, 0.4) is 0 Å². The van der Waals surface area contributed by atoms with Crippen LogP contribution in [0.1, 0.15) is 24.1 Å². The number of nitrogens with zero attached hydrogens (tertiary/aromatic N) is 1. The summed E-state index contributed by atoms with van der Waals surface area (Å²) in [7, 11) is 3.05. The molecule has 0 fully saturated rings. The van der Waals surface area contributed by atoms with Gasteiger partial charge in [0.1, 0.15) is 11.9 Å². The standard InChI is InChI=1S/C15H17F2N3O3/c1-22-11-4-3-8(5-12(11)23-2)9-6-10(15(16)17)20-13(18-9)7-14(21)19-20/h3-5,7,9-10,15,18H,6H2,1-2H3,(H,19,21). The van der Waals surface area contributed by atoms with Gasteiger partial charge < -0.3 is 14.8 Å². The topological polar surface area (TPSA) is 68.3 Å². The maximum absolute atomic E-state index is 13.3. The Hall–Kier alpha value is -2.51. The molecule has 2 heterocycles. The van der Waals surface area contributed by atoms with Crippen LogP contribution < -0.4 is 20.3 Å². The summed E-state index contributed by atoms with van der Waals surface area (Å²) < 4.78 is 38.3. The van der Waals surface area contributed by atoms with Gasteiger partial charge in [0.15, 0.2) is 11.5 Å². The van der Waals surface area contributed by atoms with Crippen molar-refractivity contribution in [3.63, 3.8) is 0 Å². The number of hydrogen-bond acceptors (Lipinski definition) is 4. The Labute approximate surface area is 131 Å². The summed E-state index contributed by atoms with van der Waals surface area (Å²) in [4.78, 5) is 11.5. The Bertz CT molecular complexity index is 757. The van der Waals surface area contributed by atoms with E-state index in [-0.39, 0.29) is 12.5 Å². The number of ether oxygens (including phenoxy) is 2. The van der Waals surface area contributed by atoms with E-state index in [1.54, 1.807) is 18.2 Å². The summed E-state index contributed by atoms with van der Waals surface area (Å²) >= 11 is 0. The number of H-pyrrole nitrogens is 1. The highest BCUT2D eigenvalue weighted by Gasteiger charge is 2.34. The maximum Gasteiger partial charge on any atom is 0.266 e. The molecule has 0 aliphatic carbocycles. The minimum atomic E-state index is -2.58. The Morgan fingerprint density at radius 3 is 2.61 bits per heavy atom. The molecule has 2 unspecified atom stereocenters. The van der Waals surface area contributed by atoms with Gasteiger partial charge in [-0.3, -0.25) is 14.6 Å². The Morgan fingerprint density at radius 2 is 1.96 bits per heavy atom. The van der Waals surface area contributed by atoms with E-state index in [1.807, 2.05) is 0 Å². The molecule has 8 heteroatoms. The van der Waals surface area contributed by atoms with Crippen molar-refractivity contribution in [2.45, 2.75) is 24.9 Å². The lowest BCUT2D eigenvalue weighted by Crippen LogP contribution is -2.31. The lowest BCUT2D eigenvalue weighted by Gasteiger charge is -2.32. The molecule has 0 spiro atoms. The van der Waals surface area contributed by atoms with E-state index in [9.17, 15) is 13.6 Å². The molecule has 0 amide bonds. The molecule has 0 bridgehead atoms. The van der Waals surface area contributed by atoms with Crippen LogP contribution in [0.5, 0.6) is 11.5 Å². The molecule has 0 saturated heterocycles. The molecular weight excluding hydrogens is 308 g/mol. The molecule has 0 saturated carbocycles. The van der Waals surface area contributed by atoms with Crippen LogP contribution in [-0.2, 0) is 0 Å². The SMILES string of the molecule is COc1ccc(C2CC(C(F)F)n3[nH]c(=O)cc3N2)cc1OC. The van der Waals surface area contributed by atoms with Crippen molar-refractivity contribution in [2.24, 2.45) is 0 Å². The predicted octanol–water partition coefficient (Wildman–Crippen LogP) is 2.56. The van der Waals surface area contributed by atoms with E-state index in [0.717, 1.165) is 5.56 Å². The fraction of sp³-hybridized carbons (Fsp3) is 0.400. The molecule has 2 N–H and O–H groups in total. The maximum atomic E-state index is 13.3. The molecule has 2 aromatic rings. The summed E-state index contributed by atoms with van der Waals surface area (Å²) in [6.45, 7) is 0. The highest BCUT2D eigenvalue weighted by molar-refractivity contribution is 5.47. The van der Waals surface area contributed by atoms with Crippen LogP contribution in [0.2, 0.25) is 0 Å². The second-order valence-electron chi connectivity index (χ2n) is 5.32. The number of halogens is 2. The van der Waals surface area contributed by atoms with E-state index >= 15 is 0 Å². The lowest BCUT2D eigenvalue weighted by atomic mass is 9.97. The Kier molecular flexibility index (Phi) is 3.97. The molecule has 124 valence electrons. The van der Waals surface area contributed by atoms with E-state index < -0.39 is 18.0 Å². The van der Waals surface area contributed by atoms with Gasteiger partial charge in [-0.05, 0) is 24.1 Å². The average molecular weight is 325 g/mol. The summed E-state index contributed by atoms with van der Waals surface area (Å²) in [6.07, 6.45) is -2.44. The van der Waals surface area contributed by atoms with Crippen molar-refractivity contribution >= 4 is 5.82 Å². The van der Waals surface area contributed by atoms with E-state index in [0.29, 0.717) is 17.3 Å². The summed E-state index contributed by atoms with van der Waals surface area (Å²) in [5, 5.41) is 5.52. The molecule has 6 nitrogen and oxygen atoms in total. The third kappa shape index (κ3) is 2.76. The second-order valence-corrected chi connectivity index (χ2v) is 5.32. The zero-order valence-electron chi connectivity index (χ0n) is 12.7. The molecule has 23 heavy (non-hydrogen) atoms. The molecule has 2 atom stereocenters. The van der Waals surface area contributed by atoms with Crippen LogP contribution in [0.4, 0.5) is 14.6 Å². The van der Waals surface area contributed by atoms with E-state index in [2.05, 4.69) is 10.4 Å². The highest BCUT2D eigenvalue weighted by atomic mass is 19.3. The first-order valence-electron chi connectivity index (χ1n) is 7.11. The average Bonchev–Trinajstić information content (AvgIpc) is 2.92. The van der Waals surface area contributed by atoms with Gasteiger partial charge in [-0.2, -0.15) is 0 Å². The number of aromatic nitrogens is 2. The van der Waals surface area contributed by atoms with Crippen molar-refractivity contribution in [3.05, 3.63) is 40.2 Å². The van der Waals surface area contributed by atoms with Gasteiger partial charge >= 0.3 is 0 Å². The summed E-state index contributed by atoms with van der Waals surface area (Å²) in [5.74, 6) is 1.44. The minimum absolute atomic E-state index is 0.144. The molecule has 1 aromatic carbocycles. The monoisotopic (exact) mass is 325 g/mol. The fourth-order valence-corrected chi connectivity index (χ4v) is 2.87. The van der Waals surface area contributed by atoms with Crippen LogP contribution in [0, 0.1) is 0 Å². The number of hydrogen-bond donors (Lipinski definition) is 2. The van der Waals surface area contributed by atoms with Crippen molar-refractivity contribution in [1.29, 1.82) is 0 Å². The summed E-state index contributed by atoms with van der Waals surface area (Å²) in [5.41, 5.74) is 0.374. The zero-order valence-corrected chi connectivity index (χ0v) is 12.7. The number of methoxy groups -OCH3 is 2. The Morgan fingerprint density at radius 1 is 1.22 bits per heavy atom. The first-order chi connectivity index (χ1) is 11.0. The second kappa shape index (κ2) is 5.94. The number of rotatable bonds is 4. The van der Waals surface area contributed by atoms with Crippen molar-refractivity contribution in [2.75, 3.05) is 19.5 Å². The zero-order chi connectivity index (χ0) is 16.6. The first kappa shape index (κ1) is 15.4. The number of alkyl halides is 2. The smallest absolute Gasteiger partial charge is 0.266 e. The van der Waals surface area contributed by atoms with Crippen molar-refractivity contribution < 1.29 is 18.3 Å². The van der Waals surface area contributed by atoms with Gasteiger partial charge in [0.25, 0.3) is 12.0 Å². The highest BCUT2D eigenvalue weighted by Crippen LogP contribution is 2.39. The number of anilines is 1. The van der Waals surface area contributed by atoms with Gasteiger partial charge in [0.05, 0.1) is 20.3 Å².